The summed E-state index contributed by atoms with van der Waals surface area (Å²) in [5.41, 5.74) is 0.886. The molecule has 2 saturated heterocycles. The third-order valence-electron chi connectivity index (χ3n) is 4.75. The molecule has 3 rings (SSSR count). The van der Waals surface area contributed by atoms with Gasteiger partial charge in [0, 0.05) is 42.6 Å². The summed E-state index contributed by atoms with van der Waals surface area (Å²) in [6.45, 7) is 2.46. The van der Waals surface area contributed by atoms with Crippen molar-refractivity contribution in [3.05, 3.63) is 33.8 Å². The highest BCUT2D eigenvalue weighted by Gasteiger charge is 2.41. The van der Waals surface area contributed by atoms with E-state index in [1.807, 2.05) is 6.07 Å². The fourth-order valence-corrected chi connectivity index (χ4v) is 3.71. The van der Waals surface area contributed by atoms with Gasteiger partial charge in [-0.2, -0.15) is 0 Å². The molecule has 1 spiro atoms. The van der Waals surface area contributed by atoms with E-state index in [0.29, 0.717) is 36.1 Å². The monoisotopic (exact) mass is 355 g/mol. The summed E-state index contributed by atoms with van der Waals surface area (Å²) in [7, 11) is 0. The van der Waals surface area contributed by atoms with E-state index >= 15 is 0 Å². The van der Waals surface area contributed by atoms with Gasteiger partial charge in [0.25, 0.3) is 0 Å². The van der Waals surface area contributed by atoms with Crippen molar-refractivity contribution in [3.63, 3.8) is 0 Å². The SMILES string of the molecule is O=C1CC2(CCN(C(=O)NCc3ccc(Cl)cc3Cl)CC2)CN1. The van der Waals surface area contributed by atoms with Gasteiger partial charge < -0.3 is 15.5 Å². The summed E-state index contributed by atoms with van der Waals surface area (Å²) in [4.78, 5) is 25.5. The first-order valence-corrected chi connectivity index (χ1v) is 8.46. The number of nitrogens with one attached hydrogen (secondary N) is 2. The number of nitrogens with zero attached hydrogens (tertiary/aromatic N) is 1. The number of rotatable bonds is 2. The van der Waals surface area contributed by atoms with Gasteiger partial charge in [-0.1, -0.05) is 29.3 Å². The number of carbonyl (C=O) groups excluding carboxylic acids is 2. The van der Waals surface area contributed by atoms with Gasteiger partial charge in [0.1, 0.15) is 0 Å². The molecule has 2 aliphatic heterocycles. The van der Waals surface area contributed by atoms with Crippen molar-refractivity contribution in [2.45, 2.75) is 25.8 Å². The van der Waals surface area contributed by atoms with Gasteiger partial charge in [-0.15, -0.1) is 0 Å². The summed E-state index contributed by atoms with van der Waals surface area (Å²) in [6.07, 6.45) is 2.31. The zero-order valence-electron chi connectivity index (χ0n) is 12.7. The van der Waals surface area contributed by atoms with Crippen molar-refractivity contribution in [1.82, 2.24) is 15.5 Å². The summed E-state index contributed by atoms with van der Waals surface area (Å²) in [5, 5.41) is 6.91. The zero-order chi connectivity index (χ0) is 16.4. The fourth-order valence-electron chi connectivity index (χ4n) is 3.24. The molecule has 2 fully saturated rings. The maximum atomic E-state index is 12.3. The number of urea groups is 1. The second-order valence-corrected chi connectivity index (χ2v) is 7.18. The molecule has 1 aromatic rings. The molecule has 1 aromatic carbocycles. The molecule has 3 amide bonds. The average Bonchev–Trinajstić information content (AvgIpc) is 2.87. The van der Waals surface area contributed by atoms with Gasteiger partial charge in [0.05, 0.1) is 0 Å². The molecule has 23 heavy (non-hydrogen) atoms. The number of amides is 3. The molecule has 7 heteroatoms. The minimum atomic E-state index is -0.0943. The third-order valence-corrected chi connectivity index (χ3v) is 5.34. The van der Waals surface area contributed by atoms with Gasteiger partial charge in [-0.05, 0) is 36.0 Å². The minimum Gasteiger partial charge on any atom is -0.356 e. The fraction of sp³-hybridized carbons (Fsp3) is 0.500. The van der Waals surface area contributed by atoms with E-state index < -0.39 is 0 Å². The van der Waals surface area contributed by atoms with Gasteiger partial charge in [0.15, 0.2) is 0 Å². The first kappa shape index (κ1) is 16.4. The van der Waals surface area contributed by atoms with Crippen LogP contribution in [0, 0.1) is 5.41 Å². The van der Waals surface area contributed by atoms with Crippen LogP contribution in [-0.2, 0) is 11.3 Å². The van der Waals surface area contributed by atoms with E-state index in [1.54, 1.807) is 17.0 Å². The Morgan fingerprint density at radius 1 is 1.30 bits per heavy atom. The molecular weight excluding hydrogens is 337 g/mol. The molecule has 2 N–H and O–H groups in total. The van der Waals surface area contributed by atoms with Crippen LogP contribution in [0.5, 0.6) is 0 Å². The first-order chi connectivity index (χ1) is 11.0. The lowest BCUT2D eigenvalue weighted by Gasteiger charge is -2.38. The average molecular weight is 356 g/mol. The summed E-state index contributed by atoms with van der Waals surface area (Å²) >= 11 is 12.0. The molecule has 0 saturated carbocycles. The summed E-state index contributed by atoms with van der Waals surface area (Å²) < 4.78 is 0. The van der Waals surface area contributed by atoms with E-state index in [0.717, 1.165) is 24.9 Å². The van der Waals surface area contributed by atoms with Crippen LogP contribution in [0.15, 0.2) is 18.2 Å². The highest BCUT2D eigenvalue weighted by atomic mass is 35.5. The highest BCUT2D eigenvalue weighted by molar-refractivity contribution is 6.35. The van der Waals surface area contributed by atoms with Gasteiger partial charge >= 0.3 is 6.03 Å². The van der Waals surface area contributed by atoms with Crippen molar-refractivity contribution in [2.24, 2.45) is 5.41 Å². The Bertz CT molecular complexity index is 628. The standard InChI is InChI=1S/C16H19Cl2N3O2/c17-12-2-1-11(13(18)7-12)9-19-15(23)21-5-3-16(4-6-21)8-14(22)20-10-16/h1-2,7H,3-6,8-10H2,(H,19,23)(H,20,22). The van der Waals surface area contributed by atoms with Crippen LogP contribution in [0.3, 0.4) is 0 Å². The summed E-state index contributed by atoms with van der Waals surface area (Å²) in [5.74, 6) is 0.125. The molecule has 0 atom stereocenters. The number of hydrogen-bond acceptors (Lipinski definition) is 2. The predicted octanol–water partition coefficient (Wildman–Crippen LogP) is 2.81. The van der Waals surface area contributed by atoms with Crippen LogP contribution in [0.4, 0.5) is 4.79 Å². The van der Waals surface area contributed by atoms with Crippen molar-refractivity contribution in [3.8, 4) is 0 Å². The lowest BCUT2D eigenvalue weighted by Crippen LogP contribution is -2.47. The number of likely N-dealkylation sites (tertiary alicyclic amines) is 1. The second-order valence-electron chi connectivity index (χ2n) is 6.33. The number of benzene rings is 1. The maximum absolute atomic E-state index is 12.3. The lowest BCUT2D eigenvalue weighted by atomic mass is 9.78. The zero-order valence-corrected chi connectivity index (χ0v) is 14.2. The molecule has 124 valence electrons. The quantitative estimate of drug-likeness (QED) is 0.856. The second kappa shape index (κ2) is 6.57. The molecule has 5 nitrogen and oxygen atoms in total. The van der Waals surface area contributed by atoms with Gasteiger partial charge in [-0.3, -0.25) is 4.79 Å². The van der Waals surface area contributed by atoms with Crippen LogP contribution < -0.4 is 10.6 Å². The first-order valence-electron chi connectivity index (χ1n) is 7.71. The van der Waals surface area contributed by atoms with Crippen LogP contribution in [-0.4, -0.2) is 36.5 Å². The van der Waals surface area contributed by atoms with Gasteiger partial charge in [0.2, 0.25) is 5.91 Å². The molecule has 2 heterocycles. The Hall–Kier alpha value is -1.46. The third kappa shape index (κ3) is 3.72. The molecular formula is C16H19Cl2N3O2. The van der Waals surface area contributed by atoms with Crippen molar-refractivity contribution < 1.29 is 9.59 Å². The van der Waals surface area contributed by atoms with Crippen LogP contribution in [0.25, 0.3) is 0 Å². The number of carbonyl (C=O) groups is 2. The van der Waals surface area contributed by atoms with Crippen LogP contribution in [0.1, 0.15) is 24.8 Å². The lowest BCUT2D eigenvalue weighted by molar-refractivity contribution is -0.119. The van der Waals surface area contributed by atoms with Crippen LogP contribution in [0.2, 0.25) is 10.0 Å². The van der Waals surface area contributed by atoms with Crippen LogP contribution >= 0.6 is 23.2 Å². The van der Waals surface area contributed by atoms with E-state index in [4.69, 9.17) is 23.2 Å². The Kier molecular flexibility index (Phi) is 4.69. The van der Waals surface area contributed by atoms with Crippen molar-refractivity contribution >= 4 is 35.1 Å². The number of piperidine rings is 1. The Labute approximate surface area is 145 Å². The van der Waals surface area contributed by atoms with Crippen molar-refractivity contribution in [2.75, 3.05) is 19.6 Å². The smallest absolute Gasteiger partial charge is 0.317 e. The molecule has 0 aliphatic carbocycles. The Morgan fingerprint density at radius 2 is 2.04 bits per heavy atom. The molecule has 2 aliphatic rings. The largest absolute Gasteiger partial charge is 0.356 e. The Balaban J connectivity index is 1.51. The van der Waals surface area contributed by atoms with E-state index in [9.17, 15) is 9.59 Å². The minimum absolute atomic E-state index is 0.0490. The maximum Gasteiger partial charge on any atom is 0.317 e. The molecule has 0 aromatic heterocycles. The van der Waals surface area contributed by atoms with E-state index in [-0.39, 0.29) is 17.4 Å². The van der Waals surface area contributed by atoms with Crippen molar-refractivity contribution in [1.29, 1.82) is 0 Å². The van der Waals surface area contributed by atoms with Gasteiger partial charge in [-0.25, -0.2) is 4.79 Å². The molecule has 0 unspecified atom stereocenters. The predicted molar refractivity (Wildman–Crippen MR) is 89.6 cm³/mol. The number of halogens is 2. The molecule has 0 bridgehead atoms. The summed E-state index contributed by atoms with van der Waals surface area (Å²) in [6, 6.07) is 5.14. The normalized spacial score (nSPS) is 19.7. The van der Waals surface area contributed by atoms with E-state index in [2.05, 4.69) is 10.6 Å². The topological polar surface area (TPSA) is 61.4 Å². The molecule has 0 radical (unpaired) electrons. The number of hydrogen-bond donors (Lipinski definition) is 2. The van der Waals surface area contributed by atoms with E-state index in [1.165, 1.54) is 0 Å². The highest BCUT2D eigenvalue weighted by Crippen LogP contribution is 2.37. The Morgan fingerprint density at radius 3 is 2.65 bits per heavy atom.